The van der Waals surface area contributed by atoms with Crippen LogP contribution in [-0.2, 0) is 6.42 Å². The smallest absolute Gasteiger partial charge is 0.251 e. The zero-order chi connectivity index (χ0) is 20.1. The Kier molecular flexibility index (Phi) is 5.66. The SMILES string of the molecule is CCCc1ccc(C(c2ccccc2)c2cc(=O)[nH]c(-c3ccccc3)n2)cc1. The van der Waals surface area contributed by atoms with Crippen molar-refractivity contribution in [1.82, 2.24) is 9.97 Å². The van der Waals surface area contributed by atoms with Crippen LogP contribution in [0.1, 0.15) is 41.6 Å². The molecule has 0 bridgehead atoms. The van der Waals surface area contributed by atoms with E-state index in [0.29, 0.717) is 5.82 Å². The van der Waals surface area contributed by atoms with Crippen LogP contribution >= 0.6 is 0 Å². The van der Waals surface area contributed by atoms with E-state index in [4.69, 9.17) is 4.98 Å². The lowest BCUT2D eigenvalue weighted by atomic mass is 9.87. The highest BCUT2D eigenvalue weighted by molar-refractivity contribution is 5.55. The highest BCUT2D eigenvalue weighted by Crippen LogP contribution is 2.31. The van der Waals surface area contributed by atoms with Crippen molar-refractivity contribution in [1.29, 1.82) is 0 Å². The molecule has 0 saturated carbocycles. The summed E-state index contributed by atoms with van der Waals surface area (Å²) in [6.07, 6.45) is 2.19. The topological polar surface area (TPSA) is 45.8 Å². The van der Waals surface area contributed by atoms with Crippen molar-refractivity contribution in [2.24, 2.45) is 0 Å². The summed E-state index contributed by atoms with van der Waals surface area (Å²) < 4.78 is 0. The molecule has 0 radical (unpaired) electrons. The van der Waals surface area contributed by atoms with E-state index in [1.54, 1.807) is 6.07 Å². The Morgan fingerprint density at radius 1 is 0.828 bits per heavy atom. The van der Waals surface area contributed by atoms with E-state index in [0.717, 1.165) is 35.2 Å². The Balaban J connectivity index is 1.84. The monoisotopic (exact) mass is 380 g/mol. The van der Waals surface area contributed by atoms with E-state index in [2.05, 4.69) is 48.3 Å². The van der Waals surface area contributed by atoms with Crippen molar-refractivity contribution in [2.45, 2.75) is 25.7 Å². The molecule has 1 heterocycles. The molecule has 3 heteroatoms. The number of aromatic nitrogens is 2. The molecular weight excluding hydrogens is 356 g/mol. The van der Waals surface area contributed by atoms with E-state index in [1.807, 2.05) is 48.5 Å². The number of aryl methyl sites for hydroxylation is 1. The van der Waals surface area contributed by atoms with Gasteiger partial charge in [0.1, 0.15) is 5.82 Å². The Morgan fingerprint density at radius 2 is 1.45 bits per heavy atom. The van der Waals surface area contributed by atoms with Gasteiger partial charge in [-0.25, -0.2) is 4.98 Å². The number of nitrogens with zero attached hydrogens (tertiary/aromatic N) is 1. The normalized spacial score (nSPS) is 11.9. The van der Waals surface area contributed by atoms with Crippen molar-refractivity contribution < 1.29 is 0 Å². The number of aromatic amines is 1. The highest BCUT2D eigenvalue weighted by atomic mass is 16.1. The molecule has 1 atom stereocenters. The minimum atomic E-state index is -0.141. The number of hydrogen-bond acceptors (Lipinski definition) is 2. The minimum Gasteiger partial charge on any atom is -0.307 e. The molecule has 0 aliphatic carbocycles. The summed E-state index contributed by atoms with van der Waals surface area (Å²) in [5.41, 5.74) is 5.09. The van der Waals surface area contributed by atoms with Crippen LogP contribution in [0.2, 0.25) is 0 Å². The minimum absolute atomic E-state index is 0.100. The van der Waals surface area contributed by atoms with Crippen molar-refractivity contribution in [3.8, 4) is 11.4 Å². The first-order chi connectivity index (χ1) is 14.2. The maximum absolute atomic E-state index is 12.5. The summed E-state index contributed by atoms with van der Waals surface area (Å²) in [6.45, 7) is 2.19. The zero-order valence-electron chi connectivity index (χ0n) is 16.5. The van der Waals surface area contributed by atoms with Gasteiger partial charge < -0.3 is 4.98 Å². The third-order valence-corrected chi connectivity index (χ3v) is 5.09. The molecule has 1 N–H and O–H groups in total. The number of H-pyrrole nitrogens is 1. The van der Waals surface area contributed by atoms with Gasteiger partial charge in [0.25, 0.3) is 5.56 Å². The summed E-state index contributed by atoms with van der Waals surface area (Å²) in [5, 5.41) is 0. The predicted molar refractivity (Wildman–Crippen MR) is 118 cm³/mol. The van der Waals surface area contributed by atoms with Gasteiger partial charge in [-0.05, 0) is 23.1 Å². The summed E-state index contributed by atoms with van der Waals surface area (Å²) >= 11 is 0. The Bertz CT molecular complexity index is 1120. The third kappa shape index (κ3) is 4.35. The second-order valence-electron chi connectivity index (χ2n) is 7.22. The average Bonchev–Trinajstić information content (AvgIpc) is 2.76. The second kappa shape index (κ2) is 8.70. The lowest BCUT2D eigenvalue weighted by Crippen LogP contribution is -2.14. The van der Waals surface area contributed by atoms with Crippen molar-refractivity contribution in [2.75, 3.05) is 0 Å². The van der Waals surface area contributed by atoms with Gasteiger partial charge in [0.15, 0.2) is 0 Å². The van der Waals surface area contributed by atoms with Gasteiger partial charge in [-0.3, -0.25) is 4.79 Å². The van der Waals surface area contributed by atoms with Gasteiger partial charge in [-0.2, -0.15) is 0 Å². The third-order valence-electron chi connectivity index (χ3n) is 5.09. The lowest BCUT2D eigenvalue weighted by Gasteiger charge is -2.19. The molecule has 0 fully saturated rings. The quantitative estimate of drug-likeness (QED) is 0.475. The molecule has 0 amide bonds. The number of hydrogen-bond donors (Lipinski definition) is 1. The van der Waals surface area contributed by atoms with Crippen LogP contribution in [0.3, 0.4) is 0 Å². The maximum Gasteiger partial charge on any atom is 0.251 e. The van der Waals surface area contributed by atoms with Crippen LogP contribution in [0, 0.1) is 0 Å². The number of rotatable bonds is 6. The Labute approximate surface area is 171 Å². The van der Waals surface area contributed by atoms with Crippen LogP contribution in [0.25, 0.3) is 11.4 Å². The van der Waals surface area contributed by atoms with E-state index >= 15 is 0 Å². The van der Waals surface area contributed by atoms with Crippen LogP contribution in [-0.4, -0.2) is 9.97 Å². The fourth-order valence-electron chi connectivity index (χ4n) is 3.70. The van der Waals surface area contributed by atoms with Crippen molar-refractivity contribution in [3.63, 3.8) is 0 Å². The van der Waals surface area contributed by atoms with Crippen LogP contribution < -0.4 is 5.56 Å². The van der Waals surface area contributed by atoms with Crippen LogP contribution in [0.15, 0.2) is 95.8 Å². The zero-order valence-corrected chi connectivity index (χ0v) is 16.5. The summed E-state index contributed by atoms with van der Waals surface area (Å²) in [7, 11) is 0. The van der Waals surface area contributed by atoms with Gasteiger partial charge in [-0.15, -0.1) is 0 Å². The standard InChI is InChI=1S/C26H24N2O/c1-2-9-19-14-16-21(17-15-19)25(20-10-5-3-6-11-20)23-18-24(29)28-26(27-23)22-12-7-4-8-13-22/h3-8,10-18,25H,2,9H2,1H3,(H,27,28,29). The van der Waals surface area contributed by atoms with E-state index in [1.165, 1.54) is 5.56 Å². The summed E-state index contributed by atoms with van der Waals surface area (Å²) in [6, 6.07) is 30.3. The second-order valence-corrected chi connectivity index (χ2v) is 7.22. The first kappa shape index (κ1) is 18.9. The largest absolute Gasteiger partial charge is 0.307 e. The molecule has 3 nitrogen and oxygen atoms in total. The molecule has 1 aromatic heterocycles. The van der Waals surface area contributed by atoms with Crippen molar-refractivity contribution in [3.05, 3.63) is 124 Å². The molecular formula is C26H24N2O. The molecule has 29 heavy (non-hydrogen) atoms. The molecule has 0 aliphatic rings. The fourth-order valence-corrected chi connectivity index (χ4v) is 3.70. The summed E-state index contributed by atoms with van der Waals surface area (Å²) in [4.78, 5) is 20.2. The molecule has 4 aromatic rings. The molecule has 4 rings (SSSR count). The van der Waals surface area contributed by atoms with Crippen LogP contribution in [0.5, 0.6) is 0 Å². The first-order valence-electron chi connectivity index (χ1n) is 10.0. The molecule has 0 spiro atoms. The van der Waals surface area contributed by atoms with Crippen molar-refractivity contribution >= 4 is 0 Å². The summed E-state index contributed by atoms with van der Waals surface area (Å²) in [5.74, 6) is 0.494. The molecule has 0 saturated heterocycles. The van der Waals surface area contributed by atoms with E-state index in [-0.39, 0.29) is 11.5 Å². The molecule has 1 unspecified atom stereocenters. The van der Waals surface area contributed by atoms with Crippen LogP contribution in [0.4, 0.5) is 0 Å². The van der Waals surface area contributed by atoms with E-state index in [9.17, 15) is 4.79 Å². The maximum atomic E-state index is 12.5. The average molecular weight is 380 g/mol. The number of benzene rings is 3. The van der Waals surface area contributed by atoms with Gasteiger partial charge in [0, 0.05) is 11.6 Å². The molecule has 144 valence electrons. The number of nitrogens with one attached hydrogen (secondary N) is 1. The van der Waals surface area contributed by atoms with Gasteiger partial charge >= 0.3 is 0 Å². The molecule has 0 aliphatic heterocycles. The predicted octanol–water partition coefficient (Wildman–Crippen LogP) is 5.57. The lowest BCUT2D eigenvalue weighted by molar-refractivity contribution is 0.889. The fraction of sp³-hybridized carbons (Fsp3) is 0.154. The van der Waals surface area contributed by atoms with E-state index < -0.39 is 0 Å². The van der Waals surface area contributed by atoms with Gasteiger partial charge in [-0.1, -0.05) is 98.3 Å². The highest BCUT2D eigenvalue weighted by Gasteiger charge is 2.20. The van der Waals surface area contributed by atoms with Gasteiger partial charge in [0.05, 0.1) is 11.6 Å². The Morgan fingerprint density at radius 3 is 2.10 bits per heavy atom. The molecule has 3 aromatic carbocycles. The first-order valence-corrected chi connectivity index (χ1v) is 10.0. The van der Waals surface area contributed by atoms with Gasteiger partial charge in [0.2, 0.25) is 0 Å². The Hall–Kier alpha value is -3.46.